The summed E-state index contributed by atoms with van der Waals surface area (Å²) in [6.07, 6.45) is 3.21. The number of hydrogen-bond donors (Lipinski definition) is 3. The van der Waals surface area contributed by atoms with Crippen LogP contribution < -0.4 is 10.6 Å². The Bertz CT molecular complexity index is 986. The average Bonchev–Trinajstić information content (AvgIpc) is 3.08. The number of aromatic nitrogens is 3. The highest BCUT2D eigenvalue weighted by molar-refractivity contribution is 5.89. The zero-order valence-electron chi connectivity index (χ0n) is 15.9. The van der Waals surface area contributed by atoms with E-state index in [2.05, 4.69) is 30.5 Å². The molecule has 2 aromatic heterocycles. The second kappa shape index (κ2) is 7.55. The minimum atomic E-state index is -0.290. The first-order chi connectivity index (χ1) is 13.5. The first-order valence-electron chi connectivity index (χ1n) is 9.33. The highest BCUT2D eigenvalue weighted by Crippen LogP contribution is 2.29. The number of fused-ring (bicyclic) bond motifs is 1. The molecular formula is C20H23FN6O. The molecule has 0 aliphatic carbocycles. The first kappa shape index (κ1) is 18.4. The summed E-state index contributed by atoms with van der Waals surface area (Å²) in [6.45, 7) is 2.72. The Hall–Kier alpha value is -3.00. The molecule has 2 unspecified atom stereocenters. The Labute approximate surface area is 162 Å². The van der Waals surface area contributed by atoms with Crippen molar-refractivity contribution in [3.8, 4) is 0 Å². The van der Waals surface area contributed by atoms with Gasteiger partial charge in [0.15, 0.2) is 0 Å². The van der Waals surface area contributed by atoms with Crippen LogP contribution in [-0.2, 0) is 0 Å². The molecule has 1 aliphatic rings. The maximum Gasteiger partial charge on any atom is 0.319 e. The van der Waals surface area contributed by atoms with Gasteiger partial charge in [0.05, 0.1) is 29.0 Å². The predicted molar refractivity (Wildman–Crippen MR) is 106 cm³/mol. The fourth-order valence-corrected chi connectivity index (χ4v) is 3.59. The van der Waals surface area contributed by atoms with E-state index in [0.29, 0.717) is 11.2 Å². The number of hydrogen-bond acceptors (Lipinski definition) is 4. The number of carbonyl (C=O) groups is 1. The van der Waals surface area contributed by atoms with Crippen LogP contribution in [0.15, 0.2) is 36.5 Å². The van der Waals surface area contributed by atoms with E-state index in [0.717, 1.165) is 36.4 Å². The molecule has 1 aromatic carbocycles. The summed E-state index contributed by atoms with van der Waals surface area (Å²) in [7, 11) is 2.03. The Morgan fingerprint density at radius 2 is 2.18 bits per heavy atom. The molecule has 7 nitrogen and oxygen atoms in total. The van der Waals surface area contributed by atoms with Gasteiger partial charge >= 0.3 is 6.03 Å². The number of nitrogens with zero attached hydrogens (tertiary/aromatic N) is 3. The lowest BCUT2D eigenvalue weighted by Gasteiger charge is -2.36. The molecule has 28 heavy (non-hydrogen) atoms. The number of piperidine rings is 1. The molecule has 2 atom stereocenters. The third-order valence-electron chi connectivity index (χ3n) is 5.15. The van der Waals surface area contributed by atoms with E-state index in [1.165, 1.54) is 12.1 Å². The molecule has 8 heteroatoms. The zero-order chi connectivity index (χ0) is 19.7. The standard InChI is InChI=1S/C20H23FN6O/c1-12-3-5-15(11-22-12)24-20(28)23-14-7-8-27(2)18(10-14)19-25-16-6-4-13(21)9-17(16)26-19/h3-6,9,11,14,18H,7-8,10H2,1-2H3,(H,25,26)(H2,23,24,28). The van der Waals surface area contributed by atoms with E-state index in [4.69, 9.17) is 0 Å². The number of amides is 2. The number of pyridine rings is 1. The van der Waals surface area contributed by atoms with Gasteiger partial charge in [0, 0.05) is 18.3 Å². The molecule has 1 saturated heterocycles. The van der Waals surface area contributed by atoms with Crippen molar-refractivity contribution >= 4 is 22.8 Å². The van der Waals surface area contributed by atoms with Crippen molar-refractivity contribution < 1.29 is 9.18 Å². The molecule has 3 N–H and O–H groups in total. The van der Waals surface area contributed by atoms with E-state index in [9.17, 15) is 9.18 Å². The van der Waals surface area contributed by atoms with Crippen LogP contribution in [0.4, 0.5) is 14.9 Å². The lowest BCUT2D eigenvalue weighted by atomic mass is 9.97. The average molecular weight is 382 g/mol. The monoisotopic (exact) mass is 382 g/mol. The highest BCUT2D eigenvalue weighted by atomic mass is 19.1. The molecule has 3 aromatic rings. The van der Waals surface area contributed by atoms with Gasteiger partial charge in [-0.05, 0) is 57.1 Å². The number of aromatic amines is 1. The number of halogens is 1. The summed E-state index contributed by atoms with van der Waals surface area (Å²) in [5.41, 5.74) is 2.98. The summed E-state index contributed by atoms with van der Waals surface area (Å²) >= 11 is 0. The number of likely N-dealkylation sites (tertiary alicyclic amines) is 1. The third-order valence-corrected chi connectivity index (χ3v) is 5.15. The van der Waals surface area contributed by atoms with Gasteiger partial charge in [-0.2, -0.15) is 0 Å². The van der Waals surface area contributed by atoms with E-state index >= 15 is 0 Å². The van der Waals surface area contributed by atoms with Crippen LogP contribution >= 0.6 is 0 Å². The number of anilines is 1. The fourth-order valence-electron chi connectivity index (χ4n) is 3.59. The van der Waals surface area contributed by atoms with E-state index in [1.54, 1.807) is 12.3 Å². The molecule has 1 aliphatic heterocycles. The molecule has 1 fully saturated rings. The molecule has 0 saturated carbocycles. The van der Waals surface area contributed by atoms with Crippen LogP contribution in [0.2, 0.25) is 0 Å². The second-order valence-electron chi connectivity index (χ2n) is 7.29. The van der Waals surface area contributed by atoms with Gasteiger partial charge in [0.1, 0.15) is 11.6 Å². The number of nitrogens with one attached hydrogen (secondary N) is 3. The third kappa shape index (κ3) is 3.96. The second-order valence-corrected chi connectivity index (χ2v) is 7.29. The topological polar surface area (TPSA) is 85.9 Å². The molecule has 3 heterocycles. The quantitative estimate of drug-likeness (QED) is 0.648. The van der Waals surface area contributed by atoms with E-state index in [-0.39, 0.29) is 23.9 Å². The largest absolute Gasteiger partial charge is 0.341 e. The Morgan fingerprint density at radius 3 is 2.96 bits per heavy atom. The molecular weight excluding hydrogens is 359 g/mol. The number of benzene rings is 1. The van der Waals surface area contributed by atoms with Gasteiger partial charge in [-0.3, -0.25) is 9.88 Å². The SMILES string of the molecule is Cc1ccc(NC(=O)NC2CCN(C)C(c3nc4ccc(F)cc4[nH]3)C2)cn1. The van der Waals surface area contributed by atoms with Crippen molar-refractivity contribution in [1.29, 1.82) is 0 Å². The lowest BCUT2D eigenvalue weighted by Crippen LogP contribution is -2.46. The summed E-state index contributed by atoms with van der Waals surface area (Å²) in [5, 5.41) is 5.86. The minimum absolute atomic E-state index is 0.0181. The van der Waals surface area contributed by atoms with Gasteiger partial charge in [-0.25, -0.2) is 14.2 Å². The molecule has 0 bridgehead atoms. The number of H-pyrrole nitrogens is 1. The number of carbonyl (C=O) groups excluding carboxylic acids is 1. The van der Waals surface area contributed by atoms with Crippen molar-refractivity contribution in [2.75, 3.05) is 18.9 Å². The Kier molecular flexibility index (Phi) is 4.95. The molecule has 4 rings (SSSR count). The summed E-state index contributed by atoms with van der Waals surface area (Å²) in [6, 6.07) is 8.01. The predicted octanol–water partition coefficient (Wildman–Crippen LogP) is 3.36. The lowest BCUT2D eigenvalue weighted by molar-refractivity contribution is 0.153. The number of aryl methyl sites for hydroxylation is 1. The van der Waals surface area contributed by atoms with Crippen LogP contribution in [0.1, 0.15) is 30.4 Å². The van der Waals surface area contributed by atoms with Crippen LogP contribution in [0.3, 0.4) is 0 Å². The van der Waals surface area contributed by atoms with Gasteiger partial charge in [-0.15, -0.1) is 0 Å². The van der Waals surface area contributed by atoms with Gasteiger partial charge in [0.2, 0.25) is 0 Å². The van der Waals surface area contributed by atoms with Crippen molar-refractivity contribution in [2.24, 2.45) is 0 Å². The molecule has 0 spiro atoms. The zero-order valence-corrected chi connectivity index (χ0v) is 15.9. The first-order valence-corrected chi connectivity index (χ1v) is 9.33. The van der Waals surface area contributed by atoms with Crippen LogP contribution in [0.25, 0.3) is 11.0 Å². The van der Waals surface area contributed by atoms with Crippen molar-refractivity contribution in [1.82, 2.24) is 25.2 Å². The number of imidazole rings is 1. The molecule has 2 amide bonds. The van der Waals surface area contributed by atoms with Gasteiger partial charge in [-0.1, -0.05) is 0 Å². The molecule has 146 valence electrons. The fraction of sp³-hybridized carbons (Fsp3) is 0.350. The van der Waals surface area contributed by atoms with E-state index < -0.39 is 0 Å². The Balaban J connectivity index is 1.43. The summed E-state index contributed by atoms with van der Waals surface area (Å²) < 4.78 is 13.5. The minimum Gasteiger partial charge on any atom is -0.341 e. The van der Waals surface area contributed by atoms with Crippen LogP contribution in [-0.4, -0.2) is 45.5 Å². The maximum absolute atomic E-state index is 13.5. The maximum atomic E-state index is 13.5. The highest BCUT2D eigenvalue weighted by Gasteiger charge is 2.30. The van der Waals surface area contributed by atoms with Crippen molar-refractivity contribution in [2.45, 2.75) is 31.8 Å². The number of rotatable bonds is 3. The summed E-state index contributed by atoms with van der Waals surface area (Å²) in [5.74, 6) is 0.499. The van der Waals surface area contributed by atoms with Crippen molar-refractivity contribution in [3.05, 3.63) is 53.9 Å². The van der Waals surface area contributed by atoms with Crippen molar-refractivity contribution in [3.63, 3.8) is 0 Å². The molecule has 0 radical (unpaired) electrons. The summed E-state index contributed by atoms with van der Waals surface area (Å²) in [4.78, 5) is 26.6. The normalized spacial score (nSPS) is 20.2. The van der Waals surface area contributed by atoms with Gasteiger partial charge < -0.3 is 15.6 Å². The van der Waals surface area contributed by atoms with Crippen LogP contribution in [0, 0.1) is 12.7 Å². The smallest absolute Gasteiger partial charge is 0.319 e. The Morgan fingerprint density at radius 1 is 1.32 bits per heavy atom. The van der Waals surface area contributed by atoms with Gasteiger partial charge in [0.25, 0.3) is 0 Å². The number of urea groups is 1. The van der Waals surface area contributed by atoms with Crippen LogP contribution in [0.5, 0.6) is 0 Å². The van der Waals surface area contributed by atoms with E-state index in [1.807, 2.05) is 26.1 Å².